The van der Waals surface area contributed by atoms with Crippen LogP contribution in [-0.4, -0.2) is 14.3 Å². The summed E-state index contributed by atoms with van der Waals surface area (Å²) in [7, 11) is -3.69. The third-order valence-electron chi connectivity index (χ3n) is 2.93. The van der Waals surface area contributed by atoms with Crippen LogP contribution in [0.15, 0.2) is 53.4 Å². The summed E-state index contributed by atoms with van der Waals surface area (Å²) in [4.78, 5) is 11.4. The summed E-state index contributed by atoms with van der Waals surface area (Å²) in [5.74, 6) is -0.484. The number of rotatable bonds is 4. The third-order valence-corrected chi connectivity index (χ3v) is 3.86. The van der Waals surface area contributed by atoms with E-state index in [4.69, 9.17) is 10.9 Å². The molecule has 4 N–H and O–H groups in total. The van der Waals surface area contributed by atoms with Crippen molar-refractivity contribution >= 4 is 15.9 Å². The standard InChI is InChI=1S/C14H14N2O3S/c15-14(17)13-4-2-1-3-11(13)9-10-5-7-12(8-6-10)20(16,18)19/h1-8H,9H2,(H2,15,17)(H2,16,18,19). The minimum absolute atomic E-state index is 0.0597. The van der Waals surface area contributed by atoms with Gasteiger partial charge in [0, 0.05) is 5.56 Å². The second-order valence-electron chi connectivity index (χ2n) is 4.39. The summed E-state index contributed by atoms with van der Waals surface area (Å²) in [6, 6.07) is 13.3. The number of benzene rings is 2. The first-order chi connectivity index (χ1) is 9.38. The Morgan fingerprint density at radius 3 is 2.15 bits per heavy atom. The number of hydrogen-bond donors (Lipinski definition) is 2. The van der Waals surface area contributed by atoms with Crippen LogP contribution in [0.1, 0.15) is 21.5 Å². The summed E-state index contributed by atoms with van der Waals surface area (Å²) in [6.07, 6.45) is 0.490. The van der Waals surface area contributed by atoms with Crippen LogP contribution in [0, 0.1) is 0 Å². The molecule has 0 saturated heterocycles. The lowest BCUT2D eigenvalue weighted by Gasteiger charge is -2.07. The monoisotopic (exact) mass is 290 g/mol. The number of carbonyl (C=O) groups excluding carboxylic acids is 1. The van der Waals surface area contributed by atoms with Gasteiger partial charge in [0.1, 0.15) is 0 Å². The molecule has 0 atom stereocenters. The van der Waals surface area contributed by atoms with Crippen molar-refractivity contribution in [1.29, 1.82) is 0 Å². The van der Waals surface area contributed by atoms with Crippen LogP contribution < -0.4 is 10.9 Å². The van der Waals surface area contributed by atoms with Gasteiger partial charge in [-0.15, -0.1) is 0 Å². The Hall–Kier alpha value is -2.18. The molecule has 104 valence electrons. The molecule has 0 radical (unpaired) electrons. The molecule has 0 aliphatic heterocycles. The van der Waals surface area contributed by atoms with Crippen molar-refractivity contribution in [3.05, 3.63) is 65.2 Å². The largest absolute Gasteiger partial charge is 0.366 e. The number of sulfonamides is 1. The SMILES string of the molecule is NC(=O)c1ccccc1Cc1ccc(S(N)(=O)=O)cc1. The van der Waals surface area contributed by atoms with Crippen LogP contribution in [0.3, 0.4) is 0 Å². The maximum absolute atomic E-state index is 11.3. The lowest BCUT2D eigenvalue weighted by atomic mass is 9.99. The quantitative estimate of drug-likeness (QED) is 0.878. The summed E-state index contributed by atoms with van der Waals surface area (Å²) >= 11 is 0. The van der Waals surface area contributed by atoms with E-state index in [1.807, 2.05) is 12.1 Å². The van der Waals surface area contributed by atoms with E-state index >= 15 is 0 Å². The number of carbonyl (C=O) groups is 1. The molecule has 0 aliphatic carbocycles. The van der Waals surface area contributed by atoms with E-state index in [0.29, 0.717) is 12.0 Å². The van der Waals surface area contributed by atoms with Gasteiger partial charge >= 0.3 is 0 Å². The molecule has 6 heteroatoms. The Bertz CT molecular complexity index is 737. The van der Waals surface area contributed by atoms with Gasteiger partial charge in [-0.1, -0.05) is 30.3 Å². The second kappa shape index (κ2) is 5.44. The normalized spacial score (nSPS) is 11.2. The smallest absolute Gasteiger partial charge is 0.248 e. The molecule has 1 amide bonds. The fraction of sp³-hybridized carbons (Fsp3) is 0.0714. The van der Waals surface area contributed by atoms with Gasteiger partial charge in [-0.25, -0.2) is 13.6 Å². The van der Waals surface area contributed by atoms with Gasteiger partial charge in [-0.3, -0.25) is 4.79 Å². The van der Waals surface area contributed by atoms with Crippen LogP contribution in [0.2, 0.25) is 0 Å². The highest BCUT2D eigenvalue weighted by molar-refractivity contribution is 7.89. The van der Waals surface area contributed by atoms with E-state index in [-0.39, 0.29) is 4.90 Å². The van der Waals surface area contributed by atoms with E-state index in [9.17, 15) is 13.2 Å². The van der Waals surface area contributed by atoms with Crippen LogP contribution in [-0.2, 0) is 16.4 Å². The summed E-state index contributed by atoms with van der Waals surface area (Å²) in [5.41, 5.74) is 7.44. The number of hydrogen-bond acceptors (Lipinski definition) is 3. The number of primary amides is 1. The maximum atomic E-state index is 11.3. The van der Waals surface area contributed by atoms with Gasteiger partial charge in [0.15, 0.2) is 0 Å². The number of nitrogens with two attached hydrogens (primary N) is 2. The molecule has 0 heterocycles. The topological polar surface area (TPSA) is 103 Å². The average molecular weight is 290 g/mol. The van der Waals surface area contributed by atoms with Crippen LogP contribution >= 0.6 is 0 Å². The van der Waals surface area contributed by atoms with Crippen molar-refractivity contribution in [2.24, 2.45) is 10.9 Å². The fourth-order valence-corrected chi connectivity index (χ4v) is 2.45. The Morgan fingerprint density at radius 1 is 1.00 bits per heavy atom. The Labute approximate surface area is 117 Å². The number of primary sulfonamides is 1. The molecular formula is C14H14N2O3S. The summed E-state index contributed by atoms with van der Waals surface area (Å²) in [6.45, 7) is 0. The first-order valence-electron chi connectivity index (χ1n) is 5.87. The van der Waals surface area contributed by atoms with Crippen LogP contribution in [0.4, 0.5) is 0 Å². The minimum Gasteiger partial charge on any atom is -0.366 e. The molecule has 5 nitrogen and oxygen atoms in total. The highest BCUT2D eigenvalue weighted by Gasteiger charge is 2.10. The van der Waals surface area contributed by atoms with Gasteiger partial charge in [0.25, 0.3) is 0 Å². The molecule has 0 aliphatic rings. The Morgan fingerprint density at radius 2 is 1.60 bits per heavy atom. The molecule has 2 rings (SSSR count). The predicted molar refractivity (Wildman–Crippen MR) is 75.6 cm³/mol. The molecule has 0 unspecified atom stereocenters. The highest BCUT2D eigenvalue weighted by atomic mass is 32.2. The molecule has 2 aromatic carbocycles. The minimum atomic E-state index is -3.69. The van der Waals surface area contributed by atoms with Gasteiger partial charge in [-0.2, -0.15) is 0 Å². The van der Waals surface area contributed by atoms with Crippen LogP contribution in [0.5, 0.6) is 0 Å². The van der Waals surface area contributed by atoms with Crippen molar-refractivity contribution in [2.75, 3.05) is 0 Å². The zero-order valence-electron chi connectivity index (χ0n) is 10.6. The van der Waals surface area contributed by atoms with Gasteiger partial charge in [0.2, 0.25) is 15.9 Å². The first-order valence-corrected chi connectivity index (χ1v) is 7.42. The summed E-state index contributed by atoms with van der Waals surface area (Å²) in [5, 5.41) is 5.03. The zero-order chi connectivity index (χ0) is 14.8. The van der Waals surface area contributed by atoms with E-state index < -0.39 is 15.9 Å². The average Bonchev–Trinajstić information content (AvgIpc) is 2.38. The van der Waals surface area contributed by atoms with Crippen molar-refractivity contribution in [1.82, 2.24) is 0 Å². The molecule has 0 bridgehead atoms. The van der Waals surface area contributed by atoms with E-state index in [1.54, 1.807) is 24.3 Å². The molecule has 0 aromatic heterocycles. The molecule has 20 heavy (non-hydrogen) atoms. The predicted octanol–water partition coefficient (Wildman–Crippen LogP) is 1.02. The number of amides is 1. The van der Waals surface area contributed by atoms with Crippen molar-refractivity contribution < 1.29 is 13.2 Å². The molecule has 2 aromatic rings. The molecular weight excluding hydrogens is 276 g/mol. The first kappa shape index (κ1) is 14.2. The molecule has 0 saturated carbocycles. The van der Waals surface area contributed by atoms with Gasteiger partial charge in [-0.05, 0) is 35.7 Å². The fourth-order valence-electron chi connectivity index (χ4n) is 1.93. The summed E-state index contributed by atoms with van der Waals surface area (Å²) < 4.78 is 22.3. The molecule has 0 fully saturated rings. The second-order valence-corrected chi connectivity index (χ2v) is 5.95. The zero-order valence-corrected chi connectivity index (χ0v) is 11.4. The van der Waals surface area contributed by atoms with E-state index in [0.717, 1.165) is 11.1 Å². The van der Waals surface area contributed by atoms with Crippen molar-refractivity contribution in [2.45, 2.75) is 11.3 Å². The van der Waals surface area contributed by atoms with Crippen LogP contribution in [0.25, 0.3) is 0 Å². The third kappa shape index (κ3) is 3.23. The Balaban J connectivity index is 2.30. The van der Waals surface area contributed by atoms with E-state index in [1.165, 1.54) is 12.1 Å². The Kier molecular flexibility index (Phi) is 3.87. The maximum Gasteiger partial charge on any atom is 0.248 e. The lowest BCUT2D eigenvalue weighted by Crippen LogP contribution is -2.14. The highest BCUT2D eigenvalue weighted by Crippen LogP contribution is 2.16. The van der Waals surface area contributed by atoms with Gasteiger partial charge in [0.05, 0.1) is 4.90 Å². The van der Waals surface area contributed by atoms with Gasteiger partial charge < -0.3 is 5.73 Å². The molecule has 0 spiro atoms. The van der Waals surface area contributed by atoms with E-state index in [2.05, 4.69) is 0 Å². The van der Waals surface area contributed by atoms with Crippen molar-refractivity contribution in [3.63, 3.8) is 0 Å². The van der Waals surface area contributed by atoms with Crippen molar-refractivity contribution in [3.8, 4) is 0 Å². The lowest BCUT2D eigenvalue weighted by molar-refractivity contribution is 0.0999.